The second kappa shape index (κ2) is 6.83. The van der Waals surface area contributed by atoms with Gasteiger partial charge in [-0.2, -0.15) is 5.21 Å². The van der Waals surface area contributed by atoms with E-state index in [9.17, 15) is 9.90 Å². The molecule has 0 bridgehead atoms. The van der Waals surface area contributed by atoms with Crippen molar-refractivity contribution in [2.45, 2.75) is 25.3 Å². The Morgan fingerprint density at radius 3 is 2.96 bits per heavy atom. The van der Waals surface area contributed by atoms with E-state index in [4.69, 9.17) is 0 Å². The molecule has 1 atom stereocenters. The Kier molecular flexibility index (Phi) is 4.22. The van der Waals surface area contributed by atoms with Crippen molar-refractivity contribution in [1.82, 2.24) is 25.9 Å². The van der Waals surface area contributed by atoms with E-state index in [1.807, 2.05) is 12.1 Å². The molecular formula is C18H18N6O2. The normalized spacial score (nSPS) is 15.9. The van der Waals surface area contributed by atoms with Gasteiger partial charge in [0.2, 0.25) is 0 Å². The Morgan fingerprint density at radius 2 is 2.12 bits per heavy atom. The molecule has 1 unspecified atom stereocenters. The van der Waals surface area contributed by atoms with Crippen LogP contribution in [0.5, 0.6) is 5.75 Å². The maximum atomic E-state index is 12.6. The van der Waals surface area contributed by atoms with Crippen molar-refractivity contribution in [1.29, 1.82) is 0 Å². The monoisotopic (exact) mass is 350 g/mol. The lowest BCUT2D eigenvalue weighted by Crippen LogP contribution is -2.38. The van der Waals surface area contributed by atoms with Crippen LogP contribution in [-0.4, -0.2) is 37.7 Å². The summed E-state index contributed by atoms with van der Waals surface area (Å²) in [4.78, 5) is 12.6. The fourth-order valence-electron chi connectivity index (χ4n) is 3.22. The van der Waals surface area contributed by atoms with Crippen LogP contribution in [0.4, 0.5) is 11.6 Å². The fourth-order valence-corrected chi connectivity index (χ4v) is 3.22. The summed E-state index contributed by atoms with van der Waals surface area (Å²) in [6.07, 6.45) is 2.46. The number of aromatic amines is 1. The van der Waals surface area contributed by atoms with Crippen LogP contribution in [-0.2, 0) is 12.8 Å². The highest BCUT2D eigenvalue weighted by molar-refractivity contribution is 5.95. The third-order valence-corrected chi connectivity index (χ3v) is 4.48. The number of hydrogen-bond donors (Lipinski definition) is 4. The van der Waals surface area contributed by atoms with Gasteiger partial charge in [0.25, 0.3) is 11.9 Å². The molecule has 4 rings (SSSR count). The number of aromatic hydroxyl groups is 1. The van der Waals surface area contributed by atoms with E-state index in [1.54, 1.807) is 30.3 Å². The second-order valence-corrected chi connectivity index (χ2v) is 6.31. The van der Waals surface area contributed by atoms with Crippen LogP contribution < -0.4 is 10.6 Å². The Hall–Kier alpha value is -3.42. The van der Waals surface area contributed by atoms with Crippen molar-refractivity contribution in [2.75, 3.05) is 5.32 Å². The van der Waals surface area contributed by atoms with Gasteiger partial charge in [-0.05, 0) is 65.9 Å². The number of tetrazole rings is 1. The third-order valence-electron chi connectivity index (χ3n) is 4.48. The number of amides is 1. The smallest absolute Gasteiger partial charge is 0.267 e. The number of phenols is 1. The molecule has 1 aliphatic carbocycles. The number of phenolic OH excluding ortho intramolecular Hbond substituents is 1. The third kappa shape index (κ3) is 3.49. The molecule has 4 N–H and O–H groups in total. The number of nitrogens with zero attached hydrogens (tertiary/aromatic N) is 3. The Balaban J connectivity index is 1.43. The molecule has 0 saturated heterocycles. The summed E-state index contributed by atoms with van der Waals surface area (Å²) in [5.41, 5.74) is 3.60. The van der Waals surface area contributed by atoms with Crippen LogP contribution in [0.15, 0.2) is 42.5 Å². The first kappa shape index (κ1) is 16.1. The second-order valence-electron chi connectivity index (χ2n) is 6.31. The van der Waals surface area contributed by atoms with Crippen molar-refractivity contribution in [3.8, 4) is 5.75 Å². The molecule has 26 heavy (non-hydrogen) atoms. The van der Waals surface area contributed by atoms with Crippen molar-refractivity contribution < 1.29 is 9.90 Å². The van der Waals surface area contributed by atoms with Crippen molar-refractivity contribution >= 4 is 17.5 Å². The Labute approximate surface area is 149 Å². The molecule has 1 heterocycles. The quantitative estimate of drug-likeness (QED) is 0.571. The largest absolute Gasteiger partial charge is 0.508 e. The molecule has 0 spiro atoms. The molecule has 8 nitrogen and oxygen atoms in total. The molecular weight excluding hydrogens is 332 g/mol. The lowest BCUT2D eigenvalue weighted by atomic mass is 9.88. The fraction of sp³-hybridized carbons (Fsp3) is 0.222. The molecule has 1 aromatic heterocycles. The predicted octanol–water partition coefficient (Wildman–Crippen LogP) is 1.94. The van der Waals surface area contributed by atoms with Crippen LogP contribution in [0.2, 0.25) is 0 Å². The predicted molar refractivity (Wildman–Crippen MR) is 95.3 cm³/mol. The van der Waals surface area contributed by atoms with E-state index >= 15 is 0 Å². The van der Waals surface area contributed by atoms with Crippen molar-refractivity contribution in [2.24, 2.45) is 0 Å². The summed E-state index contributed by atoms with van der Waals surface area (Å²) in [5.74, 6) is 0.515. The van der Waals surface area contributed by atoms with E-state index in [-0.39, 0.29) is 17.7 Å². The zero-order valence-corrected chi connectivity index (χ0v) is 13.9. The molecule has 1 amide bonds. The summed E-state index contributed by atoms with van der Waals surface area (Å²) in [5, 5.41) is 29.2. The summed E-state index contributed by atoms with van der Waals surface area (Å²) >= 11 is 0. The van der Waals surface area contributed by atoms with E-state index < -0.39 is 0 Å². The standard InChI is InChI=1S/C18H18N6O2/c25-16-7-5-11-8-15(6-4-12(11)10-16)19-17(26)13-2-1-3-14(9-13)20-18-21-23-24-22-18/h1-3,5,7,9-10,15,25H,4,6,8H2,(H,19,26)(H2,20,21,22,23,24). The van der Waals surface area contributed by atoms with Gasteiger partial charge in [-0.25, -0.2) is 0 Å². The summed E-state index contributed by atoms with van der Waals surface area (Å²) in [6.45, 7) is 0. The summed E-state index contributed by atoms with van der Waals surface area (Å²) in [7, 11) is 0. The number of H-pyrrole nitrogens is 1. The highest BCUT2D eigenvalue weighted by Gasteiger charge is 2.21. The van der Waals surface area contributed by atoms with Gasteiger partial charge in [-0.15, -0.1) is 5.10 Å². The molecule has 132 valence electrons. The van der Waals surface area contributed by atoms with Gasteiger partial charge in [0.1, 0.15) is 5.75 Å². The molecule has 3 aromatic rings. The first-order valence-corrected chi connectivity index (χ1v) is 8.39. The zero-order chi connectivity index (χ0) is 17.9. The number of benzene rings is 2. The Bertz CT molecular complexity index is 925. The number of carbonyl (C=O) groups excluding carboxylic acids is 1. The van der Waals surface area contributed by atoms with Crippen LogP contribution in [0.1, 0.15) is 27.9 Å². The minimum atomic E-state index is -0.117. The Morgan fingerprint density at radius 1 is 1.19 bits per heavy atom. The van der Waals surface area contributed by atoms with Crippen LogP contribution in [0.25, 0.3) is 0 Å². The number of anilines is 2. The molecule has 2 aromatic carbocycles. The molecule has 0 saturated carbocycles. The van der Waals surface area contributed by atoms with Crippen molar-refractivity contribution in [3.63, 3.8) is 0 Å². The summed E-state index contributed by atoms with van der Waals surface area (Å²) < 4.78 is 0. The van der Waals surface area contributed by atoms with E-state index in [1.165, 1.54) is 5.56 Å². The number of aromatic nitrogens is 4. The van der Waals surface area contributed by atoms with E-state index in [2.05, 4.69) is 31.3 Å². The molecule has 0 fully saturated rings. The number of hydrogen-bond acceptors (Lipinski definition) is 6. The highest BCUT2D eigenvalue weighted by Crippen LogP contribution is 2.25. The van der Waals surface area contributed by atoms with Gasteiger partial charge in [0.05, 0.1) is 0 Å². The lowest BCUT2D eigenvalue weighted by Gasteiger charge is -2.25. The highest BCUT2D eigenvalue weighted by atomic mass is 16.3. The van der Waals surface area contributed by atoms with E-state index in [0.29, 0.717) is 17.2 Å². The molecule has 1 aliphatic rings. The topological polar surface area (TPSA) is 116 Å². The number of carbonyl (C=O) groups is 1. The maximum Gasteiger partial charge on any atom is 0.267 e. The molecule has 0 radical (unpaired) electrons. The minimum absolute atomic E-state index is 0.0772. The van der Waals surface area contributed by atoms with Gasteiger partial charge in [-0.1, -0.05) is 17.2 Å². The average Bonchev–Trinajstić information content (AvgIpc) is 3.15. The van der Waals surface area contributed by atoms with Gasteiger partial charge in [0, 0.05) is 17.3 Å². The summed E-state index contributed by atoms with van der Waals surface area (Å²) in [6, 6.07) is 12.7. The van der Waals surface area contributed by atoms with Gasteiger partial charge in [-0.3, -0.25) is 4.79 Å². The van der Waals surface area contributed by atoms with Crippen LogP contribution in [0, 0.1) is 0 Å². The number of aryl methyl sites for hydroxylation is 1. The van der Waals surface area contributed by atoms with Gasteiger partial charge < -0.3 is 15.7 Å². The lowest BCUT2D eigenvalue weighted by molar-refractivity contribution is 0.0933. The van der Waals surface area contributed by atoms with Crippen LogP contribution >= 0.6 is 0 Å². The first-order chi connectivity index (χ1) is 12.7. The van der Waals surface area contributed by atoms with Gasteiger partial charge in [0.15, 0.2) is 0 Å². The van der Waals surface area contributed by atoms with E-state index in [0.717, 1.165) is 24.8 Å². The van der Waals surface area contributed by atoms with Crippen LogP contribution in [0.3, 0.4) is 0 Å². The van der Waals surface area contributed by atoms with Crippen molar-refractivity contribution in [3.05, 3.63) is 59.2 Å². The number of fused-ring (bicyclic) bond motifs is 1. The average molecular weight is 350 g/mol. The SMILES string of the molecule is O=C(NC1CCc2cc(O)ccc2C1)c1cccc(Nc2nn[nH]n2)c1. The van der Waals surface area contributed by atoms with Gasteiger partial charge >= 0.3 is 0 Å². The maximum absolute atomic E-state index is 12.6. The molecule has 0 aliphatic heterocycles. The number of rotatable bonds is 4. The zero-order valence-electron chi connectivity index (χ0n) is 13.9. The number of nitrogens with one attached hydrogen (secondary N) is 3. The minimum Gasteiger partial charge on any atom is -0.508 e. The first-order valence-electron chi connectivity index (χ1n) is 8.39. The molecule has 8 heteroatoms.